The molecule has 0 aliphatic rings. The SMILES string of the molecule is COc1ccc(NC(=O)c2ccccc2)cc1Oc1nccc(-c2ccc[n+](-c3cncc(-c4ccnc(Oc5cc(C(=O)Nc6ccccc6)ccc5CCc5ccc(N(C)C(=O)c6ccccc6)cc5Oc5nccc(-c6cccnc6)n5)n4)c3)c2)n1. The van der Waals surface area contributed by atoms with Gasteiger partial charge in [0.1, 0.15) is 11.5 Å². The molecule has 0 aliphatic carbocycles. The monoisotopic (exact) mass is 1170 g/mol. The summed E-state index contributed by atoms with van der Waals surface area (Å²) in [7, 11) is 3.24. The maximum absolute atomic E-state index is 13.8. The van der Waals surface area contributed by atoms with E-state index < -0.39 is 0 Å². The van der Waals surface area contributed by atoms with Gasteiger partial charge < -0.3 is 34.5 Å². The molecule has 0 bridgehead atoms. The van der Waals surface area contributed by atoms with Crippen molar-refractivity contribution in [2.75, 3.05) is 29.7 Å². The number of carbonyl (C=O) groups excluding carboxylic acids is 3. The van der Waals surface area contributed by atoms with Crippen molar-refractivity contribution in [1.29, 1.82) is 0 Å². The Morgan fingerprint density at radius 3 is 1.70 bits per heavy atom. The van der Waals surface area contributed by atoms with Crippen molar-refractivity contribution >= 4 is 34.8 Å². The normalized spacial score (nSPS) is 10.8. The van der Waals surface area contributed by atoms with Crippen LogP contribution in [0.15, 0.2) is 250 Å². The van der Waals surface area contributed by atoms with Gasteiger partial charge in [-0.25, -0.2) is 15.0 Å². The number of nitrogens with zero attached hydrogens (tertiary/aromatic N) is 10. The van der Waals surface area contributed by atoms with E-state index in [1.165, 1.54) is 7.11 Å². The number of anilines is 3. The van der Waals surface area contributed by atoms with E-state index in [9.17, 15) is 14.4 Å². The third-order valence-electron chi connectivity index (χ3n) is 14.1. The fourth-order valence-corrected chi connectivity index (χ4v) is 9.52. The third kappa shape index (κ3) is 13.9. The molecule has 19 heteroatoms. The minimum Gasteiger partial charge on any atom is -0.493 e. The molecule has 0 saturated heterocycles. The van der Waals surface area contributed by atoms with Crippen LogP contribution in [0.25, 0.3) is 39.5 Å². The number of benzene rings is 6. The first kappa shape index (κ1) is 57.1. The lowest BCUT2D eigenvalue weighted by Gasteiger charge is -2.20. The fourth-order valence-electron chi connectivity index (χ4n) is 9.52. The van der Waals surface area contributed by atoms with E-state index in [0.29, 0.717) is 97.9 Å². The van der Waals surface area contributed by atoms with Gasteiger partial charge in [-0.15, -0.1) is 0 Å². The van der Waals surface area contributed by atoms with Crippen LogP contribution < -0.4 is 39.0 Å². The molecule has 3 amide bonds. The van der Waals surface area contributed by atoms with Crippen LogP contribution >= 0.6 is 0 Å². The van der Waals surface area contributed by atoms with Gasteiger partial charge in [0, 0.05) is 113 Å². The summed E-state index contributed by atoms with van der Waals surface area (Å²) >= 11 is 0. The van der Waals surface area contributed by atoms with E-state index in [1.807, 2.05) is 120 Å². The quantitative estimate of drug-likeness (QED) is 0.0677. The average molecular weight is 1170 g/mol. The maximum Gasteiger partial charge on any atom is 0.322 e. The zero-order valence-electron chi connectivity index (χ0n) is 47.9. The van der Waals surface area contributed by atoms with E-state index in [-0.39, 0.29) is 35.8 Å². The summed E-state index contributed by atoms with van der Waals surface area (Å²) in [5.41, 5.74) is 9.22. The second kappa shape index (κ2) is 26.7. The van der Waals surface area contributed by atoms with Gasteiger partial charge in [-0.05, 0) is 127 Å². The number of carbonyl (C=O) groups is 3. The second-order valence-electron chi connectivity index (χ2n) is 20.0. The van der Waals surface area contributed by atoms with Crippen LogP contribution in [0.1, 0.15) is 42.2 Å². The fraction of sp³-hybridized carbons (Fsp3) is 0.0571. The third-order valence-corrected chi connectivity index (χ3v) is 14.1. The average Bonchev–Trinajstić information content (AvgIpc) is 3.71. The topological polar surface area (TPSA) is 222 Å². The van der Waals surface area contributed by atoms with Crippen molar-refractivity contribution < 1.29 is 37.9 Å². The Balaban J connectivity index is 0.804. The van der Waals surface area contributed by atoms with E-state index in [1.54, 1.807) is 146 Å². The Bertz CT molecular complexity index is 4510. The van der Waals surface area contributed by atoms with Gasteiger partial charge in [0.05, 0.1) is 36.0 Å². The highest BCUT2D eigenvalue weighted by Gasteiger charge is 2.21. The van der Waals surface area contributed by atoms with Crippen molar-refractivity contribution in [2.45, 2.75) is 12.8 Å². The minimum absolute atomic E-state index is 0.0256. The number of ether oxygens (including phenoxy) is 4. The molecule has 2 N–H and O–H groups in total. The van der Waals surface area contributed by atoms with E-state index in [0.717, 1.165) is 22.3 Å². The highest BCUT2D eigenvalue weighted by molar-refractivity contribution is 6.06. The minimum atomic E-state index is -0.344. The van der Waals surface area contributed by atoms with Crippen molar-refractivity contribution in [3.8, 4) is 80.5 Å². The Labute approximate surface area is 511 Å². The molecule has 0 radical (unpaired) electrons. The first-order valence-corrected chi connectivity index (χ1v) is 28.1. The summed E-state index contributed by atoms with van der Waals surface area (Å²) in [5, 5.41) is 5.87. The molecular formula is C70H53N12O7+. The molecule has 0 saturated carbocycles. The number of amides is 3. The first-order chi connectivity index (χ1) is 43.7. The maximum atomic E-state index is 13.8. The second-order valence-corrected chi connectivity index (χ2v) is 20.0. The van der Waals surface area contributed by atoms with Crippen LogP contribution in [0.3, 0.4) is 0 Å². The van der Waals surface area contributed by atoms with Crippen LogP contribution in [0, 0.1) is 0 Å². The molecule has 89 heavy (non-hydrogen) atoms. The van der Waals surface area contributed by atoms with Gasteiger partial charge in [0.15, 0.2) is 23.9 Å². The molecule has 6 aromatic heterocycles. The number of nitrogens with one attached hydrogen (secondary N) is 2. The van der Waals surface area contributed by atoms with Gasteiger partial charge in [-0.2, -0.15) is 19.5 Å². The lowest BCUT2D eigenvalue weighted by molar-refractivity contribution is -0.595. The number of aromatic nitrogens is 9. The molecule has 12 aromatic rings. The van der Waals surface area contributed by atoms with Crippen LogP contribution in [0.2, 0.25) is 0 Å². The Hall–Kier alpha value is -12.4. The van der Waals surface area contributed by atoms with Crippen LogP contribution in [0.5, 0.6) is 41.0 Å². The zero-order valence-corrected chi connectivity index (χ0v) is 47.9. The Morgan fingerprint density at radius 1 is 0.461 bits per heavy atom. The van der Waals surface area contributed by atoms with Crippen LogP contribution in [0.4, 0.5) is 17.1 Å². The first-order valence-electron chi connectivity index (χ1n) is 28.1. The van der Waals surface area contributed by atoms with Gasteiger partial charge >= 0.3 is 18.0 Å². The Kier molecular flexibility index (Phi) is 17.1. The van der Waals surface area contributed by atoms with Crippen LogP contribution in [-0.4, -0.2) is 71.8 Å². The van der Waals surface area contributed by atoms with E-state index in [4.69, 9.17) is 33.9 Å². The number of methoxy groups -OCH3 is 1. The summed E-state index contributed by atoms with van der Waals surface area (Å²) in [6.07, 6.45) is 16.3. The highest BCUT2D eigenvalue weighted by atomic mass is 16.5. The molecule has 0 unspecified atom stereocenters. The predicted octanol–water partition coefficient (Wildman–Crippen LogP) is 13.1. The smallest absolute Gasteiger partial charge is 0.322 e. The summed E-state index contributed by atoms with van der Waals surface area (Å²) in [6, 6.07) is 58.0. The van der Waals surface area contributed by atoms with Crippen molar-refractivity contribution in [3.05, 3.63) is 278 Å². The number of pyridine rings is 3. The number of para-hydroxylation sites is 1. The highest BCUT2D eigenvalue weighted by Crippen LogP contribution is 2.36. The number of hydrogen-bond donors (Lipinski definition) is 2. The number of rotatable bonds is 20. The summed E-state index contributed by atoms with van der Waals surface area (Å²) in [6.45, 7) is 0. The molecule has 12 rings (SSSR count). The molecule has 434 valence electrons. The van der Waals surface area contributed by atoms with Gasteiger partial charge in [-0.3, -0.25) is 24.4 Å². The standard InChI is InChI=1S/C70H52N12O7/c1-81(67(85)49-16-8-4-9-17-49)56-28-26-47(63(41-56)88-68-73-34-30-58(78-68)51-18-12-33-71-42-51)23-22-46-24-25-50(66(84)76-54-20-10-5-11-21-54)39-62(46)87-69-74-36-32-60(80-69)53-38-57(44-72-43-53)82-37-13-19-52(45-82)59-31-35-75-70(79-59)89-64-40-55(27-29-61(64)86-2)77-65(83)48-14-6-3-7-15-48/h3-21,24-45H,22-23H2,1-2H3,(H-,76,77,83,84)/p+1. The summed E-state index contributed by atoms with van der Waals surface area (Å²) in [4.78, 5) is 78.6. The Morgan fingerprint density at radius 2 is 1.03 bits per heavy atom. The molecular weight excluding hydrogens is 1120 g/mol. The van der Waals surface area contributed by atoms with Crippen LogP contribution in [-0.2, 0) is 12.8 Å². The predicted molar refractivity (Wildman–Crippen MR) is 335 cm³/mol. The van der Waals surface area contributed by atoms with Crippen molar-refractivity contribution in [2.24, 2.45) is 0 Å². The number of aryl methyl sites for hydroxylation is 2. The molecule has 0 atom stereocenters. The molecule has 19 nitrogen and oxygen atoms in total. The molecule has 0 spiro atoms. The van der Waals surface area contributed by atoms with Gasteiger partial charge in [0.2, 0.25) is 5.69 Å². The summed E-state index contributed by atoms with van der Waals surface area (Å²) < 4.78 is 26.8. The zero-order chi connectivity index (χ0) is 60.9. The van der Waals surface area contributed by atoms with Crippen molar-refractivity contribution in [3.63, 3.8) is 0 Å². The molecule has 0 fully saturated rings. The lowest BCUT2D eigenvalue weighted by atomic mass is 10.0. The largest absolute Gasteiger partial charge is 0.493 e. The van der Waals surface area contributed by atoms with E-state index >= 15 is 0 Å². The molecule has 0 aliphatic heterocycles. The van der Waals surface area contributed by atoms with Gasteiger partial charge in [-0.1, -0.05) is 66.7 Å². The number of hydrogen-bond acceptors (Lipinski definition) is 15. The molecule has 6 aromatic carbocycles. The lowest BCUT2D eigenvalue weighted by Crippen LogP contribution is -2.29. The van der Waals surface area contributed by atoms with Gasteiger partial charge in [0.25, 0.3) is 17.7 Å². The van der Waals surface area contributed by atoms with E-state index in [2.05, 4.69) is 35.6 Å². The molecule has 6 heterocycles. The van der Waals surface area contributed by atoms with Crippen molar-refractivity contribution in [1.82, 2.24) is 39.9 Å². The summed E-state index contributed by atoms with van der Waals surface area (Å²) in [5.74, 6) is 0.681.